The number of ketones is 1. The zero-order valence-electron chi connectivity index (χ0n) is 24.5. The number of ether oxygens (including phenoxy) is 1. The van der Waals surface area contributed by atoms with Gasteiger partial charge in [-0.1, -0.05) is 90.0 Å². The lowest BCUT2D eigenvalue weighted by Crippen LogP contribution is -2.46. The Balaban J connectivity index is 1.91. The molecular formula is C31H53NO5. The maximum Gasteiger partial charge on any atom is 0.330 e. The van der Waals surface area contributed by atoms with E-state index in [1.165, 1.54) is 50.5 Å². The Morgan fingerprint density at radius 3 is 2.19 bits per heavy atom. The Morgan fingerprint density at radius 2 is 1.59 bits per heavy atom. The number of Topliss-reactive ketones (excluding diaryl/α,β-unsaturated/α-hetero) is 1. The van der Waals surface area contributed by atoms with Crippen LogP contribution in [0.5, 0.6) is 0 Å². The van der Waals surface area contributed by atoms with Crippen LogP contribution in [0, 0.1) is 10.8 Å². The van der Waals surface area contributed by atoms with Crippen molar-refractivity contribution in [2.45, 2.75) is 156 Å². The highest BCUT2D eigenvalue weighted by atomic mass is 16.7. The molecule has 0 bridgehead atoms. The highest BCUT2D eigenvalue weighted by Gasteiger charge is 2.44. The second-order valence-electron chi connectivity index (χ2n) is 12.6. The van der Waals surface area contributed by atoms with Crippen molar-refractivity contribution < 1.29 is 24.0 Å². The van der Waals surface area contributed by atoms with Gasteiger partial charge in [-0.2, -0.15) is 0 Å². The molecular weight excluding hydrogens is 466 g/mol. The van der Waals surface area contributed by atoms with Crippen molar-refractivity contribution in [2.75, 3.05) is 0 Å². The molecule has 37 heavy (non-hydrogen) atoms. The van der Waals surface area contributed by atoms with Crippen LogP contribution < -0.4 is 5.48 Å². The number of unbranched alkanes of at least 4 members (excludes halogenated alkanes) is 9. The van der Waals surface area contributed by atoms with Crippen LogP contribution in [-0.4, -0.2) is 29.9 Å². The summed E-state index contributed by atoms with van der Waals surface area (Å²) in [6, 6.07) is -0.780. The molecule has 0 spiro atoms. The SMILES string of the molecule is CCCCCCCCCCCCC(NOC(=O)C(C)(C)C)C(=O)O[C@@H]1C[C@]2(C)CCCCC2=C(C)C1=O. The van der Waals surface area contributed by atoms with E-state index >= 15 is 0 Å². The monoisotopic (exact) mass is 519 g/mol. The topological polar surface area (TPSA) is 81.7 Å². The first kappa shape index (κ1) is 31.5. The minimum atomic E-state index is -0.780. The van der Waals surface area contributed by atoms with E-state index in [9.17, 15) is 14.4 Å². The largest absolute Gasteiger partial charge is 0.453 e. The highest BCUT2D eigenvalue weighted by molar-refractivity contribution is 6.01. The third-order valence-corrected chi connectivity index (χ3v) is 8.18. The van der Waals surface area contributed by atoms with Crippen molar-refractivity contribution in [3.05, 3.63) is 11.1 Å². The molecule has 6 nitrogen and oxygen atoms in total. The van der Waals surface area contributed by atoms with Gasteiger partial charge >= 0.3 is 11.9 Å². The normalized spacial score (nSPS) is 23.0. The molecule has 212 valence electrons. The first-order chi connectivity index (χ1) is 17.5. The summed E-state index contributed by atoms with van der Waals surface area (Å²) >= 11 is 0. The Bertz CT molecular complexity index is 796. The number of hydrogen-bond donors (Lipinski definition) is 1. The maximum atomic E-state index is 13.2. The number of esters is 1. The number of carbonyl (C=O) groups is 3. The van der Waals surface area contributed by atoms with Gasteiger partial charge in [0.15, 0.2) is 11.9 Å². The summed E-state index contributed by atoms with van der Waals surface area (Å²) in [6.07, 6.45) is 16.5. The summed E-state index contributed by atoms with van der Waals surface area (Å²) in [7, 11) is 0. The fraction of sp³-hybridized carbons (Fsp3) is 0.839. The van der Waals surface area contributed by atoms with Gasteiger partial charge in [-0.05, 0) is 64.4 Å². The van der Waals surface area contributed by atoms with Crippen LogP contribution in [0.2, 0.25) is 0 Å². The number of hydrogen-bond acceptors (Lipinski definition) is 6. The van der Waals surface area contributed by atoms with E-state index in [-0.39, 0.29) is 11.2 Å². The van der Waals surface area contributed by atoms with Crippen molar-refractivity contribution in [2.24, 2.45) is 10.8 Å². The summed E-state index contributed by atoms with van der Waals surface area (Å²) in [5.74, 6) is -1.01. The molecule has 2 aliphatic rings. The van der Waals surface area contributed by atoms with Crippen molar-refractivity contribution in [1.29, 1.82) is 0 Å². The highest BCUT2D eigenvalue weighted by Crippen LogP contribution is 2.49. The average Bonchev–Trinajstić information content (AvgIpc) is 2.84. The van der Waals surface area contributed by atoms with E-state index in [1.54, 1.807) is 20.8 Å². The van der Waals surface area contributed by atoms with Crippen LogP contribution in [0.15, 0.2) is 11.1 Å². The molecule has 1 fully saturated rings. The first-order valence-electron chi connectivity index (χ1n) is 14.9. The summed E-state index contributed by atoms with van der Waals surface area (Å²) in [4.78, 5) is 43.9. The van der Waals surface area contributed by atoms with E-state index in [2.05, 4.69) is 19.3 Å². The van der Waals surface area contributed by atoms with Gasteiger partial charge in [0.1, 0.15) is 6.04 Å². The average molecular weight is 520 g/mol. The second kappa shape index (κ2) is 15.0. The van der Waals surface area contributed by atoms with Crippen molar-refractivity contribution in [3.8, 4) is 0 Å². The van der Waals surface area contributed by atoms with Gasteiger partial charge < -0.3 is 9.57 Å². The summed E-state index contributed by atoms with van der Waals surface area (Å²) < 4.78 is 5.83. The molecule has 1 saturated carbocycles. The zero-order valence-corrected chi connectivity index (χ0v) is 24.5. The number of allylic oxidation sites excluding steroid dienone is 1. The zero-order chi connectivity index (χ0) is 27.5. The number of carbonyl (C=O) groups excluding carboxylic acids is 3. The molecule has 6 heteroatoms. The van der Waals surface area contributed by atoms with Crippen LogP contribution in [0.25, 0.3) is 0 Å². The molecule has 0 radical (unpaired) electrons. The van der Waals surface area contributed by atoms with Gasteiger partial charge in [-0.3, -0.25) is 9.59 Å². The summed E-state index contributed by atoms with van der Waals surface area (Å²) in [5.41, 5.74) is 3.93. The molecule has 3 atom stereocenters. The fourth-order valence-corrected chi connectivity index (χ4v) is 5.68. The van der Waals surface area contributed by atoms with Gasteiger partial charge in [0.05, 0.1) is 5.41 Å². The predicted octanol–water partition coefficient (Wildman–Crippen LogP) is 7.54. The molecule has 0 heterocycles. The van der Waals surface area contributed by atoms with Crippen molar-refractivity contribution >= 4 is 17.7 Å². The lowest BCUT2D eigenvalue weighted by molar-refractivity contribution is -0.171. The maximum absolute atomic E-state index is 13.2. The van der Waals surface area contributed by atoms with E-state index in [1.807, 2.05) is 6.92 Å². The minimum absolute atomic E-state index is 0.0768. The van der Waals surface area contributed by atoms with Gasteiger partial charge in [0.25, 0.3) is 0 Å². The Kier molecular flexibility index (Phi) is 12.8. The van der Waals surface area contributed by atoms with Gasteiger partial charge in [0.2, 0.25) is 0 Å². The van der Waals surface area contributed by atoms with Gasteiger partial charge in [-0.25, -0.2) is 4.79 Å². The van der Waals surface area contributed by atoms with Gasteiger partial charge in [-0.15, -0.1) is 5.48 Å². The summed E-state index contributed by atoms with van der Waals surface area (Å²) in [5, 5.41) is 0. The Labute approximate surface area is 225 Å². The van der Waals surface area contributed by atoms with E-state index < -0.39 is 29.5 Å². The molecule has 0 saturated heterocycles. The van der Waals surface area contributed by atoms with Crippen LogP contribution in [0.1, 0.15) is 144 Å². The van der Waals surface area contributed by atoms with Crippen LogP contribution in [-0.2, 0) is 24.0 Å². The third-order valence-electron chi connectivity index (χ3n) is 8.18. The van der Waals surface area contributed by atoms with E-state index in [0.717, 1.165) is 50.5 Å². The molecule has 0 amide bonds. The Morgan fingerprint density at radius 1 is 1.00 bits per heavy atom. The molecule has 0 aromatic heterocycles. The number of rotatable bonds is 15. The molecule has 0 aromatic carbocycles. The van der Waals surface area contributed by atoms with Crippen LogP contribution in [0.4, 0.5) is 0 Å². The lowest BCUT2D eigenvalue weighted by atomic mass is 9.63. The second-order valence-corrected chi connectivity index (χ2v) is 12.6. The van der Waals surface area contributed by atoms with Gasteiger partial charge in [0, 0.05) is 6.42 Å². The molecule has 2 rings (SSSR count). The molecule has 0 aromatic rings. The van der Waals surface area contributed by atoms with Crippen molar-refractivity contribution in [1.82, 2.24) is 5.48 Å². The third kappa shape index (κ3) is 9.85. The molecule has 1 N–H and O–H groups in total. The number of nitrogens with one attached hydrogen (secondary N) is 1. The minimum Gasteiger partial charge on any atom is -0.453 e. The summed E-state index contributed by atoms with van der Waals surface area (Å²) in [6.45, 7) is 11.6. The standard InChI is InChI=1S/C31H53NO5/c1-7-8-9-10-11-12-13-14-15-16-20-25(32-37-29(35)30(3,4)5)28(34)36-26-22-31(6)21-18-17-19-24(31)23(2)27(26)33/h25-26,32H,7-22H2,1-6H3/t25?,26-,31+/m1/s1. The quantitative estimate of drug-likeness (QED) is 0.137. The van der Waals surface area contributed by atoms with Crippen LogP contribution >= 0.6 is 0 Å². The van der Waals surface area contributed by atoms with E-state index in [0.29, 0.717) is 12.8 Å². The number of hydroxylamine groups is 1. The van der Waals surface area contributed by atoms with E-state index in [4.69, 9.17) is 9.57 Å². The predicted molar refractivity (Wildman–Crippen MR) is 148 cm³/mol. The molecule has 2 aliphatic carbocycles. The Hall–Kier alpha value is -1.69. The van der Waals surface area contributed by atoms with Crippen molar-refractivity contribution in [3.63, 3.8) is 0 Å². The molecule has 1 unspecified atom stereocenters. The number of fused-ring (bicyclic) bond motifs is 1. The molecule has 0 aliphatic heterocycles. The van der Waals surface area contributed by atoms with Crippen LogP contribution in [0.3, 0.4) is 0 Å². The first-order valence-corrected chi connectivity index (χ1v) is 14.9. The lowest BCUT2D eigenvalue weighted by Gasteiger charge is -2.43. The fourth-order valence-electron chi connectivity index (χ4n) is 5.68. The smallest absolute Gasteiger partial charge is 0.330 e.